The quantitative estimate of drug-likeness (QED) is 0.0921. The lowest BCUT2D eigenvalue weighted by Crippen LogP contribution is -2.09. The molecule has 2 aromatic rings. The summed E-state index contributed by atoms with van der Waals surface area (Å²) in [5.74, 6) is 0.371. The van der Waals surface area contributed by atoms with E-state index in [-0.39, 0.29) is 0 Å². The molecule has 0 fully saturated rings. The standard InChI is InChI=1S/C22H23Cl3O6Si/c1-28-20-15-19(11-5-16(20)8-12-21(26)29-2)31-22(27)17-6-9-18(10-7-17)30-13-3-4-14-32(23,24)25/h5-12,15H,3-4,13-14H2,1-2H3. The number of carbonyl (C=O) groups is 2. The minimum Gasteiger partial charge on any atom is -0.496 e. The molecule has 6 nitrogen and oxygen atoms in total. The van der Waals surface area contributed by atoms with Crippen molar-refractivity contribution in [3.63, 3.8) is 0 Å². The summed E-state index contributed by atoms with van der Waals surface area (Å²) < 4.78 is 20.9. The van der Waals surface area contributed by atoms with Gasteiger partial charge in [-0.15, -0.1) is 33.2 Å². The van der Waals surface area contributed by atoms with Crippen molar-refractivity contribution in [3.8, 4) is 17.2 Å². The van der Waals surface area contributed by atoms with Crippen LogP contribution in [0.2, 0.25) is 6.04 Å². The van der Waals surface area contributed by atoms with Gasteiger partial charge < -0.3 is 18.9 Å². The number of esters is 2. The zero-order valence-corrected chi connectivity index (χ0v) is 20.9. The van der Waals surface area contributed by atoms with Crippen molar-refractivity contribution >= 4 is 57.3 Å². The van der Waals surface area contributed by atoms with Gasteiger partial charge in [-0.3, -0.25) is 0 Å². The lowest BCUT2D eigenvalue weighted by molar-refractivity contribution is -0.134. The number of benzene rings is 2. The van der Waals surface area contributed by atoms with Crippen LogP contribution >= 0.6 is 33.2 Å². The third-order valence-corrected chi connectivity index (χ3v) is 6.85. The van der Waals surface area contributed by atoms with Crippen molar-refractivity contribution in [2.45, 2.75) is 18.9 Å². The number of hydrogen-bond acceptors (Lipinski definition) is 6. The Labute approximate surface area is 202 Å². The molecule has 0 aliphatic rings. The highest BCUT2D eigenvalue weighted by Gasteiger charge is 2.23. The van der Waals surface area contributed by atoms with Crippen LogP contribution in [0.1, 0.15) is 28.8 Å². The number of ether oxygens (including phenoxy) is 4. The van der Waals surface area contributed by atoms with E-state index in [9.17, 15) is 9.59 Å². The van der Waals surface area contributed by atoms with Crippen LogP contribution in [-0.2, 0) is 9.53 Å². The molecule has 0 saturated carbocycles. The Hall–Kier alpha value is -2.19. The van der Waals surface area contributed by atoms with Crippen LogP contribution in [0.5, 0.6) is 17.2 Å². The minimum atomic E-state index is -2.58. The number of rotatable bonds is 11. The van der Waals surface area contributed by atoms with Crippen molar-refractivity contribution in [2.75, 3.05) is 20.8 Å². The molecule has 0 N–H and O–H groups in total. The second-order valence-electron chi connectivity index (χ2n) is 6.59. The zero-order chi connectivity index (χ0) is 23.6. The number of halogens is 3. The fraction of sp³-hybridized carbons (Fsp3) is 0.273. The van der Waals surface area contributed by atoms with Crippen molar-refractivity contribution in [2.24, 2.45) is 0 Å². The Morgan fingerprint density at radius 3 is 2.28 bits per heavy atom. The highest BCUT2D eigenvalue weighted by atomic mass is 35.8. The maximum Gasteiger partial charge on any atom is 0.343 e. The molecule has 0 amide bonds. The Bertz CT molecular complexity index is 942. The number of carbonyl (C=O) groups excluding carboxylic acids is 2. The van der Waals surface area contributed by atoms with Crippen molar-refractivity contribution in [1.29, 1.82) is 0 Å². The molecule has 0 aliphatic heterocycles. The normalized spacial score (nSPS) is 11.3. The van der Waals surface area contributed by atoms with Gasteiger partial charge >= 0.3 is 17.9 Å². The molecule has 0 spiro atoms. The van der Waals surface area contributed by atoms with E-state index < -0.39 is 17.9 Å². The third kappa shape index (κ3) is 9.12. The Morgan fingerprint density at radius 1 is 0.969 bits per heavy atom. The van der Waals surface area contributed by atoms with Crippen LogP contribution in [-0.4, -0.2) is 38.8 Å². The second-order valence-corrected chi connectivity index (χ2v) is 15.9. The Morgan fingerprint density at radius 2 is 1.66 bits per heavy atom. The summed E-state index contributed by atoms with van der Waals surface area (Å²) in [6.45, 7) is 0.496. The number of unbranched alkanes of at least 4 members (excludes halogenated alkanes) is 1. The van der Waals surface area contributed by atoms with Gasteiger partial charge in [0.25, 0.3) is 0 Å². The Kier molecular flexibility index (Phi) is 10.4. The maximum atomic E-state index is 12.4. The topological polar surface area (TPSA) is 71.1 Å². The van der Waals surface area contributed by atoms with Crippen LogP contribution in [0.15, 0.2) is 48.5 Å². The minimum absolute atomic E-state index is 0.305. The molecular weight excluding hydrogens is 495 g/mol. The molecule has 0 bridgehead atoms. The third-order valence-electron chi connectivity index (χ3n) is 4.23. The molecule has 172 valence electrons. The van der Waals surface area contributed by atoms with Gasteiger partial charge in [-0.05, 0) is 61.4 Å². The molecule has 10 heteroatoms. The van der Waals surface area contributed by atoms with Crippen LogP contribution in [0.4, 0.5) is 0 Å². The van der Waals surface area contributed by atoms with Crippen molar-refractivity contribution < 1.29 is 28.5 Å². The summed E-state index contributed by atoms with van der Waals surface area (Å²) in [4.78, 5) is 23.7. The van der Waals surface area contributed by atoms with Gasteiger partial charge in [0.2, 0.25) is 0 Å². The van der Waals surface area contributed by atoms with E-state index in [0.717, 1.165) is 12.8 Å². The molecule has 2 rings (SSSR count). The first-order chi connectivity index (χ1) is 15.2. The molecule has 0 unspecified atom stereocenters. The predicted octanol–water partition coefficient (Wildman–Crippen LogP) is 5.91. The van der Waals surface area contributed by atoms with E-state index in [1.807, 2.05) is 0 Å². The highest BCUT2D eigenvalue weighted by molar-refractivity contribution is 7.64. The lowest BCUT2D eigenvalue weighted by Gasteiger charge is -2.10. The molecule has 32 heavy (non-hydrogen) atoms. The molecule has 0 atom stereocenters. The molecule has 2 aromatic carbocycles. The van der Waals surface area contributed by atoms with Gasteiger partial charge in [-0.25, -0.2) is 9.59 Å². The zero-order valence-electron chi connectivity index (χ0n) is 17.6. The molecule has 0 heterocycles. The fourth-order valence-electron chi connectivity index (χ4n) is 2.59. The van der Waals surface area contributed by atoms with Crippen LogP contribution in [0.25, 0.3) is 6.08 Å². The van der Waals surface area contributed by atoms with Gasteiger partial charge in [-0.2, -0.15) is 0 Å². The van der Waals surface area contributed by atoms with Crippen LogP contribution in [0, 0.1) is 0 Å². The smallest absolute Gasteiger partial charge is 0.343 e. The first-order valence-corrected chi connectivity index (χ1v) is 14.9. The van der Waals surface area contributed by atoms with Crippen LogP contribution < -0.4 is 14.2 Å². The van der Waals surface area contributed by atoms with E-state index >= 15 is 0 Å². The summed E-state index contributed by atoms with van der Waals surface area (Å²) in [7, 11) is 2.77. The monoisotopic (exact) mass is 516 g/mol. The summed E-state index contributed by atoms with van der Waals surface area (Å²) in [5.41, 5.74) is 1.00. The van der Waals surface area contributed by atoms with E-state index in [2.05, 4.69) is 4.74 Å². The summed E-state index contributed by atoms with van der Waals surface area (Å²) in [6.07, 6.45) is 4.38. The molecule has 0 aromatic heterocycles. The van der Waals surface area contributed by atoms with Gasteiger partial charge in [-0.1, -0.05) is 0 Å². The van der Waals surface area contributed by atoms with Gasteiger partial charge in [0.05, 0.1) is 26.4 Å². The molecule has 0 saturated heterocycles. The van der Waals surface area contributed by atoms with E-state index in [1.165, 1.54) is 20.3 Å². The number of hydrogen-bond donors (Lipinski definition) is 0. The van der Waals surface area contributed by atoms with E-state index in [0.29, 0.717) is 41.0 Å². The Balaban J connectivity index is 1.92. The predicted molar refractivity (Wildman–Crippen MR) is 128 cm³/mol. The highest BCUT2D eigenvalue weighted by Crippen LogP contribution is 2.28. The van der Waals surface area contributed by atoms with Crippen molar-refractivity contribution in [3.05, 3.63) is 59.7 Å². The first-order valence-electron chi connectivity index (χ1n) is 9.67. The van der Waals surface area contributed by atoms with E-state index in [4.69, 9.17) is 47.4 Å². The molecular formula is C22H23Cl3O6Si. The van der Waals surface area contributed by atoms with Gasteiger partial charge in [0.15, 0.2) is 0 Å². The molecule has 0 radical (unpaired) electrons. The molecule has 0 aliphatic carbocycles. The number of methoxy groups -OCH3 is 2. The van der Waals surface area contributed by atoms with E-state index in [1.54, 1.807) is 48.5 Å². The average Bonchev–Trinajstić information content (AvgIpc) is 2.77. The summed E-state index contributed by atoms with van der Waals surface area (Å²) >= 11 is 17.5. The first kappa shape index (κ1) is 26.1. The van der Waals surface area contributed by atoms with Gasteiger partial charge in [0, 0.05) is 17.7 Å². The summed E-state index contributed by atoms with van der Waals surface area (Å²) in [5, 5.41) is 0. The second kappa shape index (κ2) is 12.7. The largest absolute Gasteiger partial charge is 0.496 e. The van der Waals surface area contributed by atoms with Crippen molar-refractivity contribution in [1.82, 2.24) is 0 Å². The average molecular weight is 518 g/mol. The lowest BCUT2D eigenvalue weighted by atomic mass is 10.1. The SMILES string of the molecule is COC(=O)C=Cc1ccc(OC(=O)c2ccc(OCCCC[Si](Cl)(Cl)Cl)cc2)cc1OC. The van der Waals surface area contributed by atoms with Crippen LogP contribution in [0.3, 0.4) is 0 Å². The maximum absolute atomic E-state index is 12.4. The fourth-order valence-corrected chi connectivity index (χ4v) is 4.44. The summed E-state index contributed by atoms with van der Waals surface area (Å²) in [6, 6.07) is 9.49. The van der Waals surface area contributed by atoms with Gasteiger partial charge in [0.1, 0.15) is 17.2 Å².